The van der Waals surface area contributed by atoms with E-state index in [4.69, 9.17) is 0 Å². The third-order valence-corrected chi connectivity index (χ3v) is 4.17. The molecule has 1 rings (SSSR count). The Bertz CT molecular complexity index is 417. The Hall–Kier alpha value is -1.16. The van der Waals surface area contributed by atoms with Crippen LogP contribution in [0, 0.1) is 5.92 Å². The summed E-state index contributed by atoms with van der Waals surface area (Å²) in [6.45, 7) is 22.9. The molecule has 0 saturated carbocycles. The molecule has 28 heavy (non-hydrogen) atoms. The number of likely N-dealkylation sites (tertiary alicyclic amines) is 1. The maximum Gasteiger partial charge on any atom is 0.209 e. The van der Waals surface area contributed by atoms with Crippen LogP contribution in [0.15, 0.2) is 23.6 Å². The first kappa shape index (κ1) is 31.5. The second-order valence-corrected chi connectivity index (χ2v) is 7.01. The summed E-state index contributed by atoms with van der Waals surface area (Å²) in [7, 11) is 0. The van der Waals surface area contributed by atoms with Crippen molar-refractivity contribution in [1.82, 2.24) is 10.2 Å². The number of carbonyl (C=O) groups is 1. The molecule has 1 aliphatic rings. The van der Waals surface area contributed by atoms with Crippen molar-refractivity contribution in [2.24, 2.45) is 5.92 Å². The van der Waals surface area contributed by atoms with E-state index < -0.39 is 0 Å². The number of halogens is 1. The topological polar surface area (TPSA) is 32.3 Å². The first-order chi connectivity index (χ1) is 13.4. The van der Waals surface area contributed by atoms with Gasteiger partial charge in [-0.05, 0) is 71.1 Å². The Balaban J connectivity index is -0.000000946. The molecule has 1 unspecified atom stereocenters. The van der Waals surface area contributed by atoms with Gasteiger partial charge in [0.2, 0.25) is 6.41 Å². The second kappa shape index (κ2) is 20.6. The maximum absolute atomic E-state index is 13.4. The lowest BCUT2D eigenvalue weighted by Gasteiger charge is -2.29. The fourth-order valence-electron chi connectivity index (χ4n) is 3.08. The van der Waals surface area contributed by atoms with E-state index in [1.165, 1.54) is 0 Å². The van der Waals surface area contributed by atoms with E-state index in [9.17, 15) is 9.18 Å². The summed E-state index contributed by atoms with van der Waals surface area (Å²) in [5, 5.41) is 3.57. The van der Waals surface area contributed by atoms with Crippen molar-refractivity contribution >= 4 is 6.41 Å². The van der Waals surface area contributed by atoms with Gasteiger partial charge in [0, 0.05) is 18.6 Å². The molecule has 1 saturated heterocycles. The summed E-state index contributed by atoms with van der Waals surface area (Å²) in [4.78, 5) is 12.6. The van der Waals surface area contributed by atoms with Crippen LogP contribution in [-0.4, -0.2) is 36.5 Å². The molecular weight excluding hydrogens is 351 g/mol. The average molecular weight is 401 g/mol. The van der Waals surface area contributed by atoms with Crippen molar-refractivity contribution in [1.29, 1.82) is 0 Å². The fraction of sp³-hybridized carbons (Fsp3) is 0.792. The van der Waals surface area contributed by atoms with Crippen molar-refractivity contribution < 1.29 is 9.18 Å². The molecule has 4 heteroatoms. The predicted molar refractivity (Wildman–Crippen MR) is 124 cm³/mol. The van der Waals surface area contributed by atoms with Crippen LogP contribution in [0.3, 0.4) is 0 Å². The quantitative estimate of drug-likeness (QED) is 0.337. The summed E-state index contributed by atoms with van der Waals surface area (Å²) in [5.74, 6) is 0.438. The molecule has 1 atom stereocenters. The van der Waals surface area contributed by atoms with E-state index in [0.717, 1.165) is 57.3 Å². The highest BCUT2D eigenvalue weighted by molar-refractivity contribution is 5.47. The van der Waals surface area contributed by atoms with Gasteiger partial charge in [-0.3, -0.25) is 4.79 Å². The maximum atomic E-state index is 13.4. The SMILES string of the molecule is CC.CC.CC.CC/C=C(F)\C=C(/C)CCNC(C)(C)CC1CCN(C=O)C1. The van der Waals surface area contributed by atoms with Crippen LogP contribution in [0.4, 0.5) is 4.39 Å². The lowest BCUT2D eigenvalue weighted by Crippen LogP contribution is -2.42. The van der Waals surface area contributed by atoms with Gasteiger partial charge in [0.05, 0.1) is 0 Å². The van der Waals surface area contributed by atoms with Crippen LogP contribution < -0.4 is 5.32 Å². The van der Waals surface area contributed by atoms with E-state index in [-0.39, 0.29) is 11.4 Å². The van der Waals surface area contributed by atoms with Gasteiger partial charge in [0.1, 0.15) is 5.83 Å². The molecule has 0 aromatic rings. The van der Waals surface area contributed by atoms with Crippen LogP contribution in [0.25, 0.3) is 0 Å². The van der Waals surface area contributed by atoms with Crippen molar-refractivity contribution in [3.05, 3.63) is 23.6 Å². The Labute approximate surface area is 175 Å². The first-order valence-corrected chi connectivity index (χ1v) is 11.3. The number of hydrogen-bond acceptors (Lipinski definition) is 2. The summed E-state index contributed by atoms with van der Waals surface area (Å²) in [6.07, 6.45) is 7.89. The minimum absolute atomic E-state index is 0.0433. The molecule has 168 valence electrons. The van der Waals surface area contributed by atoms with E-state index in [2.05, 4.69) is 19.2 Å². The highest BCUT2D eigenvalue weighted by Crippen LogP contribution is 2.24. The number of hydrogen-bond donors (Lipinski definition) is 1. The van der Waals surface area contributed by atoms with E-state index in [0.29, 0.717) is 5.92 Å². The molecule has 0 aromatic carbocycles. The highest BCUT2D eigenvalue weighted by atomic mass is 19.1. The molecule has 1 heterocycles. The molecule has 0 aromatic heterocycles. The average Bonchev–Trinajstić information content (AvgIpc) is 3.13. The highest BCUT2D eigenvalue weighted by Gasteiger charge is 2.27. The molecule has 1 amide bonds. The number of allylic oxidation sites excluding steroid dienone is 3. The van der Waals surface area contributed by atoms with Gasteiger partial charge < -0.3 is 10.2 Å². The summed E-state index contributed by atoms with van der Waals surface area (Å²) in [5.41, 5.74) is 1.10. The molecule has 1 N–H and O–H groups in total. The van der Waals surface area contributed by atoms with E-state index in [1.807, 2.05) is 60.3 Å². The van der Waals surface area contributed by atoms with Gasteiger partial charge in [-0.1, -0.05) is 54.0 Å². The summed E-state index contributed by atoms with van der Waals surface area (Å²) >= 11 is 0. The normalized spacial score (nSPS) is 16.8. The van der Waals surface area contributed by atoms with Crippen molar-refractivity contribution in [3.63, 3.8) is 0 Å². The Morgan fingerprint density at radius 3 is 2.21 bits per heavy atom. The van der Waals surface area contributed by atoms with Crippen molar-refractivity contribution in [2.45, 2.75) is 100 Å². The minimum Gasteiger partial charge on any atom is -0.345 e. The Kier molecular flexibility index (Phi) is 23.2. The van der Waals surface area contributed by atoms with Crippen LogP contribution in [0.5, 0.6) is 0 Å². The van der Waals surface area contributed by atoms with E-state index in [1.54, 1.807) is 12.2 Å². The number of carbonyl (C=O) groups excluding carboxylic acids is 1. The fourth-order valence-corrected chi connectivity index (χ4v) is 3.08. The predicted octanol–water partition coefficient (Wildman–Crippen LogP) is 6.90. The third kappa shape index (κ3) is 17.0. The number of nitrogens with one attached hydrogen (secondary N) is 1. The lowest BCUT2D eigenvalue weighted by molar-refractivity contribution is -0.117. The first-order valence-electron chi connectivity index (χ1n) is 11.3. The number of rotatable bonds is 9. The minimum atomic E-state index is -0.140. The van der Waals surface area contributed by atoms with Crippen molar-refractivity contribution in [3.8, 4) is 0 Å². The smallest absolute Gasteiger partial charge is 0.209 e. The van der Waals surface area contributed by atoms with E-state index >= 15 is 0 Å². The summed E-state index contributed by atoms with van der Waals surface area (Å²) in [6, 6.07) is 0. The zero-order valence-electron chi connectivity index (χ0n) is 20.5. The largest absolute Gasteiger partial charge is 0.345 e. The van der Waals surface area contributed by atoms with Gasteiger partial charge in [0.15, 0.2) is 0 Å². The van der Waals surface area contributed by atoms with Gasteiger partial charge in [-0.2, -0.15) is 0 Å². The lowest BCUT2D eigenvalue weighted by atomic mass is 9.90. The zero-order chi connectivity index (χ0) is 22.6. The van der Waals surface area contributed by atoms with Crippen LogP contribution in [0.2, 0.25) is 0 Å². The number of nitrogens with zero attached hydrogens (tertiary/aromatic N) is 1. The third-order valence-electron chi connectivity index (χ3n) is 4.17. The molecule has 1 aliphatic heterocycles. The summed E-state index contributed by atoms with van der Waals surface area (Å²) < 4.78 is 13.4. The van der Waals surface area contributed by atoms with Gasteiger partial charge in [-0.25, -0.2) is 4.39 Å². The molecular formula is C24H49FN2O. The van der Waals surface area contributed by atoms with Gasteiger partial charge in [0.25, 0.3) is 0 Å². The molecule has 0 spiro atoms. The Morgan fingerprint density at radius 1 is 1.18 bits per heavy atom. The van der Waals surface area contributed by atoms with Crippen LogP contribution in [-0.2, 0) is 4.79 Å². The van der Waals surface area contributed by atoms with Gasteiger partial charge >= 0.3 is 0 Å². The van der Waals surface area contributed by atoms with Crippen LogP contribution in [0.1, 0.15) is 94.9 Å². The molecule has 0 aliphatic carbocycles. The molecule has 3 nitrogen and oxygen atoms in total. The molecule has 0 radical (unpaired) electrons. The molecule has 1 fully saturated rings. The standard InChI is InChI=1S/C18H31FN2O.3C2H6/c1-5-6-17(19)11-15(2)7-9-20-18(3,4)12-16-8-10-21(13-16)14-22;3*1-2/h6,11,14,16,20H,5,7-10,12-13H2,1-4H3;3*1-2H3/b15-11+,17-6+;;;. The van der Waals surface area contributed by atoms with Crippen LogP contribution >= 0.6 is 0 Å². The Morgan fingerprint density at radius 2 is 1.75 bits per heavy atom. The van der Waals surface area contributed by atoms with Gasteiger partial charge in [-0.15, -0.1) is 0 Å². The number of amides is 1. The monoisotopic (exact) mass is 400 g/mol. The second-order valence-electron chi connectivity index (χ2n) is 7.01. The zero-order valence-corrected chi connectivity index (χ0v) is 20.5. The molecule has 0 bridgehead atoms. The van der Waals surface area contributed by atoms with Crippen molar-refractivity contribution in [2.75, 3.05) is 19.6 Å².